The zero-order chi connectivity index (χ0) is 17.1. The third-order valence-corrected chi connectivity index (χ3v) is 4.06. The van der Waals surface area contributed by atoms with E-state index in [0.717, 1.165) is 16.5 Å². The Kier molecular flexibility index (Phi) is 4.42. The van der Waals surface area contributed by atoms with Crippen LogP contribution < -0.4 is 9.47 Å². The predicted molar refractivity (Wildman–Crippen MR) is 93.6 cm³/mol. The lowest BCUT2D eigenvalue weighted by atomic mass is 10.1. The molecule has 1 amide bonds. The number of carbonyl (C=O) groups is 1. The molecule has 0 saturated carbocycles. The smallest absolute Gasteiger partial charge is 0.254 e. The van der Waals surface area contributed by atoms with Crippen molar-refractivity contribution in [3.8, 4) is 11.5 Å². The first-order chi connectivity index (χ1) is 11.6. The molecular weight excluding hydrogens is 304 g/mol. The van der Waals surface area contributed by atoms with E-state index in [1.54, 1.807) is 44.4 Å². The van der Waals surface area contributed by atoms with Crippen molar-refractivity contribution in [2.24, 2.45) is 0 Å². The molecule has 3 rings (SSSR count). The highest BCUT2D eigenvalue weighted by molar-refractivity contribution is 5.95. The number of hydrogen-bond acceptors (Lipinski definition) is 3. The second-order valence-electron chi connectivity index (χ2n) is 5.59. The predicted octanol–water partition coefficient (Wildman–Crippen LogP) is 3.46. The van der Waals surface area contributed by atoms with Crippen molar-refractivity contribution in [3.05, 3.63) is 59.8 Å². The van der Waals surface area contributed by atoms with E-state index in [0.29, 0.717) is 23.6 Å². The van der Waals surface area contributed by atoms with Crippen molar-refractivity contribution in [1.29, 1.82) is 0 Å². The highest BCUT2D eigenvalue weighted by atomic mass is 16.5. The molecular formula is C19H20N2O3. The molecule has 3 aromatic rings. The van der Waals surface area contributed by atoms with Gasteiger partial charge in [0, 0.05) is 36.3 Å². The monoisotopic (exact) mass is 324 g/mol. The number of benzene rings is 2. The number of fused-ring (bicyclic) bond motifs is 1. The number of aromatic nitrogens is 1. The Morgan fingerprint density at radius 2 is 1.83 bits per heavy atom. The van der Waals surface area contributed by atoms with E-state index in [1.807, 2.05) is 24.4 Å². The zero-order valence-electron chi connectivity index (χ0n) is 14.0. The molecule has 0 aliphatic heterocycles. The minimum absolute atomic E-state index is 0.0683. The molecule has 124 valence electrons. The first kappa shape index (κ1) is 15.9. The Hall–Kier alpha value is -2.95. The van der Waals surface area contributed by atoms with Crippen LogP contribution in [-0.4, -0.2) is 37.1 Å². The Labute approximate surface area is 140 Å². The van der Waals surface area contributed by atoms with E-state index < -0.39 is 0 Å². The Morgan fingerprint density at radius 3 is 2.58 bits per heavy atom. The van der Waals surface area contributed by atoms with Crippen molar-refractivity contribution in [1.82, 2.24) is 9.88 Å². The van der Waals surface area contributed by atoms with E-state index >= 15 is 0 Å². The molecule has 24 heavy (non-hydrogen) atoms. The summed E-state index contributed by atoms with van der Waals surface area (Å²) < 4.78 is 10.5. The summed E-state index contributed by atoms with van der Waals surface area (Å²) in [5, 5.41) is 1.13. The van der Waals surface area contributed by atoms with Crippen molar-refractivity contribution in [3.63, 3.8) is 0 Å². The van der Waals surface area contributed by atoms with Crippen LogP contribution in [0.2, 0.25) is 0 Å². The van der Waals surface area contributed by atoms with Crippen LogP contribution in [0.25, 0.3) is 10.9 Å². The van der Waals surface area contributed by atoms with Crippen LogP contribution in [0.1, 0.15) is 15.9 Å². The van der Waals surface area contributed by atoms with Gasteiger partial charge in [-0.25, -0.2) is 0 Å². The molecule has 5 heteroatoms. The maximum atomic E-state index is 12.7. The van der Waals surface area contributed by atoms with Crippen LogP contribution in [0.15, 0.2) is 48.7 Å². The van der Waals surface area contributed by atoms with E-state index in [-0.39, 0.29) is 5.91 Å². The van der Waals surface area contributed by atoms with Crippen LogP contribution in [0.5, 0.6) is 11.5 Å². The second-order valence-corrected chi connectivity index (χ2v) is 5.59. The third kappa shape index (κ3) is 2.93. The zero-order valence-corrected chi connectivity index (χ0v) is 14.0. The number of carbonyl (C=O) groups excluding carboxylic acids is 1. The fourth-order valence-electron chi connectivity index (χ4n) is 2.78. The highest BCUT2D eigenvalue weighted by Crippen LogP contribution is 2.28. The molecule has 0 unspecified atom stereocenters. The van der Waals surface area contributed by atoms with Crippen molar-refractivity contribution < 1.29 is 14.3 Å². The molecule has 0 radical (unpaired) electrons. The van der Waals surface area contributed by atoms with Gasteiger partial charge in [-0.2, -0.15) is 0 Å². The molecule has 0 aliphatic carbocycles. The molecule has 2 aromatic carbocycles. The molecule has 0 bridgehead atoms. The number of methoxy groups -OCH3 is 2. The van der Waals surface area contributed by atoms with Crippen LogP contribution in [0.4, 0.5) is 0 Å². The summed E-state index contributed by atoms with van der Waals surface area (Å²) in [7, 11) is 4.92. The van der Waals surface area contributed by atoms with Gasteiger partial charge in [-0.3, -0.25) is 4.79 Å². The van der Waals surface area contributed by atoms with Crippen molar-refractivity contribution in [2.75, 3.05) is 21.3 Å². The van der Waals surface area contributed by atoms with Gasteiger partial charge in [0.1, 0.15) is 0 Å². The third-order valence-electron chi connectivity index (χ3n) is 4.06. The first-order valence-electron chi connectivity index (χ1n) is 7.66. The fraction of sp³-hybridized carbons (Fsp3) is 0.211. The molecule has 0 aliphatic rings. The minimum atomic E-state index is -0.0683. The van der Waals surface area contributed by atoms with Gasteiger partial charge in [-0.15, -0.1) is 0 Å². The van der Waals surface area contributed by atoms with Crippen LogP contribution in [-0.2, 0) is 6.54 Å². The van der Waals surface area contributed by atoms with Crippen LogP contribution >= 0.6 is 0 Å². The Morgan fingerprint density at radius 1 is 1.08 bits per heavy atom. The highest BCUT2D eigenvalue weighted by Gasteiger charge is 2.16. The summed E-state index contributed by atoms with van der Waals surface area (Å²) in [6, 6.07) is 13.2. The largest absolute Gasteiger partial charge is 0.493 e. The molecule has 5 nitrogen and oxygen atoms in total. The number of rotatable bonds is 5. The summed E-state index contributed by atoms with van der Waals surface area (Å²) in [6.07, 6.45) is 1.95. The van der Waals surface area contributed by atoms with Crippen molar-refractivity contribution in [2.45, 2.75) is 6.54 Å². The minimum Gasteiger partial charge on any atom is -0.493 e. The van der Waals surface area contributed by atoms with Gasteiger partial charge < -0.3 is 19.4 Å². The molecule has 0 atom stereocenters. The summed E-state index contributed by atoms with van der Waals surface area (Å²) in [5.41, 5.74) is 2.72. The van der Waals surface area contributed by atoms with E-state index in [1.165, 1.54) is 0 Å². The van der Waals surface area contributed by atoms with Gasteiger partial charge >= 0.3 is 0 Å². The van der Waals surface area contributed by atoms with E-state index in [9.17, 15) is 4.79 Å². The van der Waals surface area contributed by atoms with Gasteiger partial charge in [0.05, 0.1) is 14.2 Å². The van der Waals surface area contributed by atoms with Gasteiger partial charge in [-0.1, -0.05) is 18.2 Å². The lowest BCUT2D eigenvalue weighted by Gasteiger charge is -2.18. The van der Waals surface area contributed by atoms with Gasteiger partial charge in [0.25, 0.3) is 5.91 Å². The first-order valence-corrected chi connectivity index (χ1v) is 7.66. The number of nitrogens with one attached hydrogen (secondary N) is 1. The summed E-state index contributed by atoms with van der Waals surface area (Å²) in [6.45, 7) is 0.525. The lowest BCUT2D eigenvalue weighted by molar-refractivity contribution is 0.0785. The topological polar surface area (TPSA) is 54.6 Å². The summed E-state index contributed by atoms with van der Waals surface area (Å²) >= 11 is 0. The number of nitrogens with zero attached hydrogens (tertiary/aromatic N) is 1. The summed E-state index contributed by atoms with van der Waals surface area (Å²) in [4.78, 5) is 17.6. The maximum absolute atomic E-state index is 12.7. The Bertz CT molecular complexity index is 870. The maximum Gasteiger partial charge on any atom is 0.254 e. The number of aromatic amines is 1. The molecule has 0 saturated heterocycles. The standard InChI is InChI=1S/C19H20N2O3/c1-21(12-14-11-20-16-7-5-4-6-15(14)16)19(22)13-8-9-17(23-2)18(10-13)24-3/h4-11,20H,12H2,1-3H3. The van der Waals surface area contributed by atoms with Crippen LogP contribution in [0.3, 0.4) is 0 Å². The average Bonchev–Trinajstić information content (AvgIpc) is 3.03. The van der Waals surface area contributed by atoms with E-state index in [4.69, 9.17) is 9.47 Å². The van der Waals surface area contributed by atoms with Gasteiger partial charge in [0.15, 0.2) is 11.5 Å². The Balaban J connectivity index is 1.82. The lowest BCUT2D eigenvalue weighted by Crippen LogP contribution is -2.26. The SMILES string of the molecule is COc1ccc(C(=O)N(C)Cc2c[nH]c3ccccc23)cc1OC. The van der Waals surface area contributed by atoms with Gasteiger partial charge in [0.2, 0.25) is 0 Å². The van der Waals surface area contributed by atoms with Crippen molar-refractivity contribution >= 4 is 16.8 Å². The molecule has 0 fully saturated rings. The molecule has 1 aromatic heterocycles. The van der Waals surface area contributed by atoms with E-state index in [2.05, 4.69) is 11.1 Å². The molecule has 1 N–H and O–H groups in total. The second kappa shape index (κ2) is 6.66. The normalized spacial score (nSPS) is 10.6. The molecule has 1 heterocycles. The number of amides is 1. The molecule has 0 spiro atoms. The summed E-state index contributed by atoms with van der Waals surface area (Å²) in [5.74, 6) is 1.08. The quantitative estimate of drug-likeness (QED) is 0.782. The number of para-hydroxylation sites is 1. The number of H-pyrrole nitrogens is 1. The number of ether oxygens (including phenoxy) is 2. The van der Waals surface area contributed by atoms with Crippen LogP contribution in [0, 0.1) is 0 Å². The van der Waals surface area contributed by atoms with Gasteiger partial charge in [-0.05, 0) is 29.8 Å². The fourth-order valence-corrected chi connectivity index (χ4v) is 2.78. The number of hydrogen-bond donors (Lipinski definition) is 1. The average molecular weight is 324 g/mol.